The molecule has 1 aliphatic heterocycles. The molecule has 7 heteroatoms. The number of thiazole rings is 1. The van der Waals surface area contributed by atoms with Crippen LogP contribution in [-0.4, -0.2) is 43.1 Å². The van der Waals surface area contributed by atoms with Gasteiger partial charge >= 0.3 is 0 Å². The van der Waals surface area contributed by atoms with Crippen LogP contribution in [0.25, 0.3) is 5.57 Å². The van der Waals surface area contributed by atoms with Gasteiger partial charge in [0.1, 0.15) is 5.75 Å². The van der Waals surface area contributed by atoms with Crippen molar-refractivity contribution in [3.8, 4) is 5.75 Å². The van der Waals surface area contributed by atoms with E-state index in [0.29, 0.717) is 6.54 Å². The van der Waals surface area contributed by atoms with Gasteiger partial charge in [-0.2, -0.15) is 0 Å². The van der Waals surface area contributed by atoms with Crippen molar-refractivity contribution in [2.45, 2.75) is 26.3 Å². The predicted molar refractivity (Wildman–Crippen MR) is 124 cm³/mol. The Bertz CT molecular complexity index is 803. The Balaban J connectivity index is 0.00000261. The maximum Gasteiger partial charge on any atom is 0.194 e. The molecule has 1 aromatic carbocycles. The van der Waals surface area contributed by atoms with E-state index in [1.165, 1.54) is 16.1 Å². The second-order valence-corrected chi connectivity index (χ2v) is 7.09. The summed E-state index contributed by atoms with van der Waals surface area (Å²) in [6, 6.07) is 8.26. The molecule has 5 nitrogen and oxygen atoms in total. The van der Waals surface area contributed by atoms with Crippen LogP contribution < -0.4 is 10.1 Å². The van der Waals surface area contributed by atoms with Crippen LogP contribution in [0.4, 0.5) is 0 Å². The number of aliphatic imine (C=N–C) groups is 1. The molecule has 1 aliphatic rings. The van der Waals surface area contributed by atoms with Gasteiger partial charge in [-0.1, -0.05) is 25.1 Å². The van der Waals surface area contributed by atoms with Crippen LogP contribution in [0.15, 0.2) is 40.7 Å². The Morgan fingerprint density at radius 2 is 2.26 bits per heavy atom. The van der Waals surface area contributed by atoms with Gasteiger partial charge < -0.3 is 15.0 Å². The third-order valence-corrected chi connectivity index (χ3v) is 5.53. The molecule has 1 aromatic heterocycles. The van der Waals surface area contributed by atoms with E-state index in [1.807, 2.05) is 19.2 Å². The first-order chi connectivity index (χ1) is 12.7. The molecule has 27 heavy (non-hydrogen) atoms. The fraction of sp³-hybridized carbons (Fsp3) is 0.400. The molecule has 146 valence electrons. The summed E-state index contributed by atoms with van der Waals surface area (Å²) < 4.78 is 5.33. The van der Waals surface area contributed by atoms with Crippen molar-refractivity contribution in [3.05, 3.63) is 52.0 Å². The summed E-state index contributed by atoms with van der Waals surface area (Å²) in [6.07, 6.45) is 4.26. The Morgan fingerprint density at radius 1 is 1.41 bits per heavy atom. The molecule has 3 rings (SSSR count). The van der Waals surface area contributed by atoms with Crippen molar-refractivity contribution in [3.63, 3.8) is 0 Å². The van der Waals surface area contributed by atoms with Gasteiger partial charge in [0.15, 0.2) is 5.96 Å². The molecule has 0 fully saturated rings. The first kappa shape index (κ1) is 21.7. The Labute approximate surface area is 182 Å². The highest BCUT2D eigenvalue weighted by Crippen LogP contribution is 2.25. The molecule has 0 amide bonds. The third-order valence-electron chi connectivity index (χ3n) is 4.49. The number of methoxy groups -OCH3 is 1. The number of hydrogen-bond acceptors (Lipinski definition) is 4. The monoisotopic (exact) mass is 498 g/mol. The van der Waals surface area contributed by atoms with Gasteiger partial charge in [0.2, 0.25) is 0 Å². The predicted octanol–water partition coefficient (Wildman–Crippen LogP) is 4.20. The number of hydrogen-bond donors (Lipinski definition) is 1. The Morgan fingerprint density at radius 3 is 2.89 bits per heavy atom. The third kappa shape index (κ3) is 5.68. The van der Waals surface area contributed by atoms with Gasteiger partial charge in [-0.05, 0) is 36.1 Å². The lowest BCUT2D eigenvalue weighted by atomic mass is 9.99. The van der Waals surface area contributed by atoms with Crippen molar-refractivity contribution in [1.29, 1.82) is 0 Å². The first-order valence-electron chi connectivity index (χ1n) is 8.95. The summed E-state index contributed by atoms with van der Waals surface area (Å²) in [5.74, 6) is 1.83. The summed E-state index contributed by atoms with van der Waals surface area (Å²) in [7, 11) is 3.54. The van der Waals surface area contributed by atoms with Crippen LogP contribution in [-0.2, 0) is 13.0 Å². The maximum atomic E-state index is 5.33. The SMILES string of the molecule is CCc1nc(CNC(=NC)N2CC=C(c3cccc(OC)c3)CC2)cs1.I. The molecule has 2 aromatic rings. The molecule has 0 aliphatic carbocycles. The summed E-state index contributed by atoms with van der Waals surface area (Å²) in [6.45, 7) is 4.64. The van der Waals surface area contributed by atoms with E-state index in [4.69, 9.17) is 4.74 Å². The minimum absolute atomic E-state index is 0. The number of nitrogens with zero attached hydrogens (tertiary/aromatic N) is 3. The number of aryl methyl sites for hydroxylation is 1. The fourth-order valence-corrected chi connectivity index (χ4v) is 3.79. The minimum atomic E-state index is 0. The number of nitrogens with one attached hydrogen (secondary N) is 1. The van der Waals surface area contributed by atoms with Gasteiger partial charge in [-0.15, -0.1) is 35.3 Å². The highest BCUT2D eigenvalue weighted by atomic mass is 127. The lowest BCUT2D eigenvalue weighted by Crippen LogP contribution is -2.43. The normalized spacial score (nSPS) is 14.4. The van der Waals surface area contributed by atoms with Gasteiger partial charge in [-0.25, -0.2) is 4.98 Å². The molecule has 0 unspecified atom stereocenters. The molecule has 1 N–H and O–H groups in total. The van der Waals surface area contributed by atoms with Crippen molar-refractivity contribution in [1.82, 2.24) is 15.2 Å². The molecule has 0 saturated carbocycles. The van der Waals surface area contributed by atoms with Crippen LogP contribution in [0.1, 0.15) is 29.6 Å². The molecule has 0 bridgehead atoms. The number of guanidine groups is 1. The molecular formula is C20H27IN4OS. The Kier molecular flexibility index (Phi) is 8.56. The summed E-state index contributed by atoms with van der Waals surface area (Å²) in [5.41, 5.74) is 3.68. The smallest absolute Gasteiger partial charge is 0.194 e. The van der Waals surface area contributed by atoms with Crippen LogP contribution in [0.5, 0.6) is 5.75 Å². The molecular weight excluding hydrogens is 471 g/mol. The van der Waals surface area contributed by atoms with E-state index < -0.39 is 0 Å². The van der Waals surface area contributed by atoms with E-state index in [9.17, 15) is 0 Å². The summed E-state index contributed by atoms with van der Waals surface area (Å²) in [5, 5.41) is 6.74. The second-order valence-electron chi connectivity index (χ2n) is 6.14. The zero-order valence-corrected chi connectivity index (χ0v) is 19.2. The van der Waals surface area contributed by atoms with Crippen molar-refractivity contribution >= 4 is 46.8 Å². The summed E-state index contributed by atoms with van der Waals surface area (Å²) >= 11 is 1.72. The van der Waals surface area contributed by atoms with Gasteiger partial charge in [-0.3, -0.25) is 4.99 Å². The number of rotatable bonds is 5. The molecule has 2 heterocycles. The van der Waals surface area contributed by atoms with E-state index in [0.717, 1.165) is 43.3 Å². The van der Waals surface area contributed by atoms with E-state index in [1.54, 1.807) is 18.4 Å². The minimum Gasteiger partial charge on any atom is -0.497 e. The van der Waals surface area contributed by atoms with Crippen LogP contribution in [0.2, 0.25) is 0 Å². The molecule has 0 atom stereocenters. The standard InChI is InChI=1S/C20H26N4OS.HI/c1-4-19-23-17(14-26-19)13-22-20(21-2)24-10-8-15(9-11-24)16-6-5-7-18(12-16)25-3;/h5-8,12,14H,4,9-11,13H2,1-3H3,(H,21,22);1H. The van der Waals surface area contributed by atoms with E-state index >= 15 is 0 Å². The highest BCUT2D eigenvalue weighted by Gasteiger charge is 2.16. The number of ether oxygens (including phenoxy) is 1. The van der Waals surface area contributed by atoms with Gasteiger partial charge in [0.25, 0.3) is 0 Å². The Hall–Kier alpha value is -1.61. The van der Waals surface area contributed by atoms with Crippen molar-refractivity contribution in [2.24, 2.45) is 4.99 Å². The lowest BCUT2D eigenvalue weighted by molar-refractivity contribution is 0.414. The second kappa shape index (κ2) is 10.7. The summed E-state index contributed by atoms with van der Waals surface area (Å²) in [4.78, 5) is 11.3. The largest absolute Gasteiger partial charge is 0.497 e. The van der Waals surface area contributed by atoms with Crippen LogP contribution >= 0.6 is 35.3 Å². The number of aromatic nitrogens is 1. The molecule has 0 radical (unpaired) electrons. The zero-order chi connectivity index (χ0) is 18.4. The van der Waals surface area contributed by atoms with Gasteiger partial charge in [0.05, 0.1) is 24.4 Å². The zero-order valence-electron chi connectivity index (χ0n) is 16.1. The van der Waals surface area contributed by atoms with E-state index in [2.05, 4.69) is 50.7 Å². The topological polar surface area (TPSA) is 49.8 Å². The quantitative estimate of drug-likeness (QED) is 0.382. The van der Waals surface area contributed by atoms with Crippen LogP contribution in [0, 0.1) is 0 Å². The lowest BCUT2D eigenvalue weighted by Gasteiger charge is -2.29. The number of halogens is 1. The van der Waals surface area contributed by atoms with E-state index in [-0.39, 0.29) is 24.0 Å². The van der Waals surface area contributed by atoms with Crippen molar-refractivity contribution < 1.29 is 4.74 Å². The first-order valence-corrected chi connectivity index (χ1v) is 9.83. The highest BCUT2D eigenvalue weighted by molar-refractivity contribution is 14.0. The molecule has 0 saturated heterocycles. The van der Waals surface area contributed by atoms with Crippen LogP contribution in [0.3, 0.4) is 0 Å². The van der Waals surface area contributed by atoms with Crippen molar-refractivity contribution in [2.75, 3.05) is 27.2 Å². The molecule has 0 spiro atoms. The average Bonchev–Trinajstić information content (AvgIpc) is 3.17. The fourth-order valence-electron chi connectivity index (χ4n) is 3.04. The van der Waals surface area contributed by atoms with Gasteiger partial charge in [0, 0.05) is 25.5 Å². The maximum absolute atomic E-state index is 5.33. The average molecular weight is 498 g/mol. The number of benzene rings is 1.